The Morgan fingerprint density at radius 1 is 1.03 bits per heavy atom. The molecule has 2 aromatic carbocycles. The number of para-hydroxylation sites is 1. The first kappa shape index (κ1) is 19.3. The molecule has 0 radical (unpaired) electrons. The fourth-order valence-corrected chi connectivity index (χ4v) is 3.73. The van der Waals surface area contributed by atoms with E-state index in [-0.39, 0.29) is 11.4 Å². The van der Waals surface area contributed by atoms with Gasteiger partial charge in [-0.3, -0.25) is 14.5 Å². The number of sulfonamides is 1. The first-order chi connectivity index (χ1) is 14.3. The molecule has 3 N–H and O–H groups in total. The summed E-state index contributed by atoms with van der Waals surface area (Å²) in [4.78, 5) is 26.1. The number of hydrogen-bond acceptors (Lipinski definition) is 6. The Hall–Kier alpha value is -4.06. The molecule has 0 saturated carbocycles. The Morgan fingerprint density at radius 2 is 1.77 bits per heavy atom. The second-order valence-electron chi connectivity index (χ2n) is 6.12. The smallest absolute Gasteiger partial charge is 0.313 e. The highest BCUT2D eigenvalue weighted by atomic mass is 32.2. The van der Waals surface area contributed by atoms with Crippen LogP contribution < -0.4 is 16.0 Å². The van der Waals surface area contributed by atoms with Crippen molar-refractivity contribution in [2.75, 3.05) is 4.72 Å². The summed E-state index contributed by atoms with van der Waals surface area (Å²) in [5, 5.41) is 7.91. The molecule has 30 heavy (non-hydrogen) atoms. The van der Waals surface area contributed by atoms with Crippen LogP contribution in [0.1, 0.15) is 0 Å². The van der Waals surface area contributed by atoms with Crippen molar-refractivity contribution in [3.05, 3.63) is 87.6 Å². The van der Waals surface area contributed by atoms with Crippen LogP contribution in [0, 0.1) is 5.82 Å². The predicted molar refractivity (Wildman–Crippen MR) is 105 cm³/mol. The average molecular weight is 428 g/mol. The maximum absolute atomic E-state index is 13.9. The van der Waals surface area contributed by atoms with E-state index >= 15 is 0 Å². The van der Waals surface area contributed by atoms with Gasteiger partial charge in [-0.2, -0.15) is 0 Å². The van der Waals surface area contributed by atoms with Gasteiger partial charge in [-0.15, -0.1) is 5.10 Å². The molecule has 0 saturated heterocycles. The van der Waals surface area contributed by atoms with E-state index in [0.29, 0.717) is 11.3 Å². The third-order valence-electron chi connectivity index (χ3n) is 4.10. The van der Waals surface area contributed by atoms with Crippen LogP contribution in [-0.4, -0.2) is 33.4 Å². The largest absolute Gasteiger partial charge is 0.325 e. The van der Waals surface area contributed by atoms with Crippen LogP contribution in [0.2, 0.25) is 0 Å². The van der Waals surface area contributed by atoms with E-state index in [1.54, 1.807) is 30.3 Å². The van der Waals surface area contributed by atoms with Gasteiger partial charge in [0.25, 0.3) is 15.6 Å². The van der Waals surface area contributed by atoms with E-state index in [1.165, 1.54) is 29.1 Å². The van der Waals surface area contributed by atoms with Crippen molar-refractivity contribution in [1.29, 1.82) is 0 Å². The molecule has 12 heteroatoms. The Labute approximate surface area is 168 Å². The Bertz CT molecular complexity index is 1440. The topological polar surface area (TPSA) is 143 Å². The van der Waals surface area contributed by atoms with E-state index in [1.807, 2.05) is 4.98 Å². The zero-order valence-corrected chi connectivity index (χ0v) is 15.9. The highest BCUT2D eigenvalue weighted by Crippen LogP contribution is 2.22. The maximum Gasteiger partial charge on any atom is 0.325 e. The Kier molecular flexibility index (Phi) is 4.75. The second-order valence-corrected chi connectivity index (χ2v) is 7.77. The highest BCUT2D eigenvalue weighted by Gasteiger charge is 2.19. The van der Waals surface area contributed by atoms with Crippen LogP contribution in [0.3, 0.4) is 0 Å². The number of aromatic nitrogens is 5. The molecule has 0 bridgehead atoms. The van der Waals surface area contributed by atoms with E-state index in [0.717, 1.165) is 6.20 Å². The first-order valence-electron chi connectivity index (χ1n) is 8.46. The lowest BCUT2D eigenvalue weighted by atomic mass is 10.1. The van der Waals surface area contributed by atoms with Gasteiger partial charge in [-0.05, 0) is 24.3 Å². The summed E-state index contributed by atoms with van der Waals surface area (Å²) in [6.45, 7) is 0. The van der Waals surface area contributed by atoms with E-state index < -0.39 is 32.0 Å². The molecule has 0 aliphatic rings. The SMILES string of the molecule is O=c1[nH]cc(S(=O)(=O)Nc2ccc(-c3cn(-c4ccccc4F)nn3)cc2)c(=O)[nH]1. The average Bonchev–Trinajstić information content (AvgIpc) is 3.18. The van der Waals surface area contributed by atoms with Crippen molar-refractivity contribution in [2.45, 2.75) is 4.90 Å². The molecule has 10 nitrogen and oxygen atoms in total. The molecule has 0 aliphatic heterocycles. The molecule has 4 rings (SSSR count). The Morgan fingerprint density at radius 3 is 2.47 bits per heavy atom. The number of H-pyrrole nitrogens is 2. The summed E-state index contributed by atoms with van der Waals surface area (Å²) in [5.74, 6) is -0.448. The maximum atomic E-state index is 13.9. The van der Waals surface area contributed by atoms with Crippen molar-refractivity contribution in [1.82, 2.24) is 25.0 Å². The predicted octanol–water partition coefficient (Wildman–Crippen LogP) is 1.25. The number of nitrogens with one attached hydrogen (secondary N) is 3. The van der Waals surface area contributed by atoms with Gasteiger partial charge in [0.1, 0.15) is 17.2 Å². The molecular formula is C18H13FN6O4S. The lowest BCUT2D eigenvalue weighted by Crippen LogP contribution is -2.29. The van der Waals surface area contributed by atoms with Crippen molar-refractivity contribution < 1.29 is 12.8 Å². The number of benzene rings is 2. The third-order valence-corrected chi connectivity index (χ3v) is 5.49. The molecule has 2 aromatic heterocycles. The summed E-state index contributed by atoms with van der Waals surface area (Å²) in [6.07, 6.45) is 2.36. The zero-order valence-electron chi connectivity index (χ0n) is 15.0. The molecule has 0 fully saturated rings. The number of anilines is 1. The molecule has 0 spiro atoms. The molecule has 0 atom stereocenters. The van der Waals surface area contributed by atoms with Gasteiger partial charge in [0.2, 0.25) is 0 Å². The van der Waals surface area contributed by atoms with Gasteiger partial charge >= 0.3 is 5.69 Å². The van der Waals surface area contributed by atoms with Gasteiger partial charge in [0, 0.05) is 17.4 Å². The minimum atomic E-state index is -4.21. The van der Waals surface area contributed by atoms with E-state index in [4.69, 9.17) is 0 Å². The summed E-state index contributed by atoms with van der Waals surface area (Å²) >= 11 is 0. The lowest BCUT2D eigenvalue weighted by molar-refractivity contribution is 0.599. The standard InChI is InChI=1S/C18H13FN6O4S/c19-13-3-1-2-4-15(13)25-10-14(22-24-25)11-5-7-12(8-6-11)23-30(28,29)16-9-20-18(27)21-17(16)26/h1-10,23H,(H2,20,21,26,27). The molecule has 152 valence electrons. The highest BCUT2D eigenvalue weighted by molar-refractivity contribution is 7.92. The first-order valence-corrected chi connectivity index (χ1v) is 9.94. The van der Waals surface area contributed by atoms with Crippen molar-refractivity contribution in [3.8, 4) is 16.9 Å². The van der Waals surface area contributed by atoms with Crippen molar-refractivity contribution in [2.24, 2.45) is 0 Å². The molecule has 0 unspecified atom stereocenters. The number of aromatic amines is 2. The minimum Gasteiger partial charge on any atom is -0.313 e. The van der Waals surface area contributed by atoms with Gasteiger partial charge in [-0.25, -0.2) is 22.3 Å². The van der Waals surface area contributed by atoms with Crippen LogP contribution in [0.5, 0.6) is 0 Å². The zero-order chi connectivity index (χ0) is 21.3. The van der Waals surface area contributed by atoms with Gasteiger partial charge in [0.05, 0.1) is 6.20 Å². The van der Waals surface area contributed by atoms with Crippen LogP contribution in [0.4, 0.5) is 10.1 Å². The molecule has 0 aliphatic carbocycles. The summed E-state index contributed by atoms with van der Waals surface area (Å²) in [6, 6.07) is 12.2. The molecule has 2 heterocycles. The van der Waals surface area contributed by atoms with E-state index in [2.05, 4.69) is 20.0 Å². The van der Waals surface area contributed by atoms with Gasteiger partial charge < -0.3 is 4.98 Å². The number of halogens is 1. The van der Waals surface area contributed by atoms with Gasteiger partial charge in [-0.1, -0.05) is 29.5 Å². The lowest BCUT2D eigenvalue weighted by Gasteiger charge is -2.07. The molecule has 0 amide bonds. The van der Waals surface area contributed by atoms with Crippen LogP contribution in [-0.2, 0) is 10.0 Å². The van der Waals surface area contributed by atoms with Crippen molar-refractivity contribution >= 4 is 15.7 Å². The van der Waals surface area contributed by atoms with E-state index in [9.17, 15) is 22.4 Å². The molecule has 4 aromatic rings. The fourth-order valence-electron chi connectivity index (χ4n) is 2.67. The Balaban J connectivity index is 1.57. The number of hydrogen-bond donors (Lipinski definition) is 3. The summed E-state index contributed by atoms with van der Waals surface area (Å²) < 4.78 is 42.2. The number of nitrogens with zero attached hydrogens (tertiary/aromatic N) is 3. The van der Waals surface area contributed by atoms with Crippen LogP contribution >= 0.6 is 0 Å². The van der Waals surface area contributed by atoms with Gasteiger partial charge in [0.15, 0.2) is 4.90 Å². The minimum absolute atomic E-state index is 0.186. The van der Waals surface area contributed by atoms with Crippen molar-refractivity contribution in [3.63, 3.8) is 0 Å². The third kappa shape index (κ3) is 3.75. The second kappa shape index (κ2) is 7.40. The quantitative estimate of drug-likeness (QED) is 0.437. The monoisotopic (exact) mass is 428 g/mol. The molecular weight excluding hydrogens is 415 g/mol. The normalized spacial score (nSPS) is 11.4. The summed E-state index contributed by atoms with van der Waals surface area (Å²) in [7, 11) is -4.21. The van der Waals surface area contributed by atoms with Crippen LogP contribution in [0.15, 0.2) is 75.4 Å². The van der Waals surface area contributed by atoms with Crippen LogP contribution in [0.25, 0.3) is 16.9 Å². The fraction of sp³-hybridized carbons (Fsp3) is 0. The summed E-state index contributed by atoms with van der Waals surface area (Å²) in [5.41, 5.74) is -0.357. The number of rotatable bonds is 5.